The van der Waals surface area contributed by atoms with Crippen LogP contribution in [0.1, 0.15) is 33.3 Å². The molecule has 1 rings (SSSR count). The Morgan fingerprint density at radius 1 is 1.18 bits per heavy atom. The minimum atomic E-state index is 0.648. The van der Waals surface area contributed by atoms with E-state index < -0.39 is 0 Å². The molecule has 1 aromatic carbocycles. The van der Waals surface area contributed by atoms with Crippen LogP contribution < -0.4 is 0 Å². The lowest BCUT2D eigenvalue weighted by Gasteiger charge is -2.27. The molecular formula is C17H28ClN3S. The average Bonchev–Trinajstić information content (AvgIpc) is 2.35. The van der Waals surface area contributed by atoms with Gasteiger partial charge >= 0.3 is 0 Å². The molecule has 5 heteroatoms. The highest BCUT2D eigenvalue weighted by atomic mass is 35.5. The minimum absolute atomic E-state index is 0.648. The predicted molar refractivity (Wildman–Crippen MR) is 101 cm³/mol. The van der Waals surface area contributed by atoms with Gasteiger partial charge in [0.2, 0.25) is 0 Å². The highest BCUT2D eigenvalue weighted by molar-refractivity contribution is 7.95. The van der Waals surface area contributed by atoms with Crippen molar-refractivity contribution < 1.29 is 0 Å². The quantitative estimate of drug-likeness (QED) is 0.357. The van der Waals surface area contributed by atoms with Gasteiger partial charge in [-0.15, -0.1) is 0 Å². The summed E-state index contributed by atoms with van der Waals surface area (Å²) in [7, 11) is 2.03. The maximum absolute atomic E-state index is 5.97. The standard InChI is InChI=1S/C17H28ClN3S/c1-13(2)10-21(11-14(3)4)22-20(6)12-19-17-8-7-16(18)9-15(17)5/h7-9,12-14H,10-11H2,1-6H3/b19-12+. The molecule has 0 spiro atoms. The largest absolute Gasteiger partial charge is 0.297 e. The molecule has 0 unspecified atom stereocenters. The molecule has 0 aliphatic heterocycles. The van der Waals surface area contributed by atoms with E-state index in [1.807, 2.05) is 38.5 Å². The molecule has 0 heterocycles. The summed E-state index contributed by atoms with van der Waals surface area (Å²) < 4.78 is 4.45. The third-order valence-corrected chi connectivity index (χ3v) is 4.02. The highest BCUT2D eigenvalue weighted by Crippen LogP contribution is 2.23. The highest BCUT2D eigenvalue weighted by Gasteiger charge is 2.12. The molecule has 0 radical (unpaired) electrons. The molecule has 0 fully saturated rings. The molecule has 0 atom stereocenters. The summed E-state index contributed by atoms with van der Waals surface area (Å²) in [6.07, 6.45) is 1.87. The number of rotatable bonds is 8. The van der Waals surface area contributed by atoms with Gasteiger partial charge in [-0.3, -0.25) is 4.31 Å². The van der Waals surface area contributed by atoms with Crippen molar-refractivity contribution in [2.45, 2.75) is 34.6 Å². The number of benzene rings is 1. The first-order valence-electron chi connectivity index (χ1n) is 7.74. The van der Waals surface area contributed by atoms with Crippen LogP contribution in [0.5, 0.6) is 0 Å². The molecule has 1 aromatic rings. The zero-order valence-electron chi connectivity index (χ0n) is 14.5. The van der Waals surface area contributed by atoms with E-state index in [0.29, 0.717) is 11.8 Å². The second-order valence-electron chi connectivity index (χ2n) is 6.44. The molecule has 0 aliphatic carbocycles. The topological polar surface area (TPSA) is 18.8 Å². The number of hydrogen-bond donors (Lipinski definition) is 0. The Balaban J connectivity index is 2.65. The second-order valence-corrected chi connectivity index (χ2v) is 8.13. The zero-order chi connectivity index (χ0) is 16.7. The summed E-state index contributed by atoms with van der Waals surface area (Å²) in [5.41, 5.74) is 2.04. The van der Waals surface area contributed by atoms with Crippen LogP contribution in [0.4, 0.5) is 5.69 Å². The lowest BCUT2D eigenvalue weighted by Crippen LogP contribution is -2.29. The van der Waals surface area contributed by atoms with E-state index in [1.165, 1.54) is 0 Å². The Morgan fingerprint density at radius 2 is 1.77 bits per heavy atom. The first-order chi connectivity index (χ1) is 10.3. The lowest BCUT2D eigenvalue weighted by molar-refractivity contribution is 0.359. The second kappa shape index (κ2) is 9.43. The molecule has 0 aromatic heterocycles. The first kappa shape index (κ1) is 19.3. The van der Waals surface area contributed by atoms with Crippen molar-refractivity contribution in [3.63, 3.8) is 0 Å². The summed E-state index contributed by atoms with van der Waals surface area (Å²) in [4.78, 5) is 4.55. The fraction of sp³-hybridized carbons (Fsp3) is 0.588. The van der Waals surface area contributed by atoms with Gasteiger partial charge in [0.25, 0.3) is 0 Å². The predicted octanol–water partition coefficient (Wildman–Crippen LogP) is 5.42. The molecule has 3 nitrogen and oxygen atoms in total. The Labute approximate surface area is 145 Å². The summed E-state index contributed by atoms with van der Waals surface area (Å²) in [6, 6.07) is 5.76. The Kier molecular flexibility index (Phi) is 8.29. The van der Waals surface area contributed by atoms with Gasteiger partial charge in [-0.25, -0.2) is 9.30 Å². The number of aliphatic imine (C=N–C) groups is 1. The normalized spacial score (nSPS) is 12.1. The van der Waals surface area contributed by atoms with Gasteiger partial charge in [-0.2, -0.15) is 0 Å². The van der Waals surface area contributed by atoms with Gasteiger partial charge in [-0.1, -0.05) is 39.3 Å². The molecule has 0 bridgehead atoms. The molecule has 0 aliphatic rings. The van der Waals surface area contributed by atoms with Gasteiger partial charge in [0, 0.05) is 37.3 Å². The van der Waals surface area contributed by atoms with Crippen molar-refractivity contribution in [1.82, 2.24) is 8.61 Å². The van der Waals surface area contributed by atoms with Gasteiger partial charge in [0.1, 0.15) is 6.34 Å². The average molecular weight is 342 g/mol. The number of nitrogens with zero attached hydrogens (tertiary/aromatic N) is 3. The molecule has 22 heavy (non-hydrogen) atoms. The fourth-order valence-corrected chi connectivity index (χ4v) is 3.48. The zero-order valence-corrected chi connectivity index (χ0v) is 16.1. The van der Waals surface area contributed by atoms with Crippen LogP contribution in [0, 0.1) is 18.8 Å². The van der Waals surface area contributed by atoms with Crippen molar-refractivity contribution in [2.24, 2.45) is 16.8 Å². The SMILES string of the molecule is Cc1cc(Cl)ccc1/N=C/N(C)SN(CC(C)C)CC(C)C. The van der Waals surface area contributed by atoms with Crippen molar-refractivity contribution >= 4 is 35.8 Å². The van der Waals surface area contributed by atoms with Crippen LogP contribution >= 0.6 is 23.7 Å². The van der Waals surface area contributed by atoms with E-state index in [0.717, 1.165) is 29.4 Å². The summed E-state index contributed by atoms with van der Waals surface area (Å²) in [5, 5.41) is 0.749. The van der Waals surface area contributed by atoms with E-state index in [-0.39, 0.29) is 0 Å². The van der Waals surface area contributed by atoms with Crippen LogP contribution in [0.15, 0.2) is 23.2 Å². The maximum Gasteiger partial charge on any atom is 0.102 e. The third kappa shape index (κ3) is 7.52. The van der Waals surface area contributed by atoms with E-state index in [2.05, 4.69) is 41.3 Å². The molecular weight excluding hydrogens is 314 g/mol. The lowest BCUT2D eigenvalue weighted by atomic mass is 10.2. The molecule has 0 amide bonds. The van der Waals surface area contributed by atoms with Gasteiger partial charge in [0.15, 0.2) is 0 Å². The van der Waals surface area contributed by atoms with Crippen LogP contribution in [-0.4, -0.2) is 35.1 Å². The maximum atomic E-state index is 5.97. The van der Waals surface area contributed by atoms with Crippen LogP contribution in [0.2, 0.25) is 5.02 Å². The molecule has 0 saturated carbocycles. The molecule has 0 saturated heterocycles. The van der Waals surface area contributed by atoms with E-state index in [1.54, 1.807) is 12.1 Å². The van der Waals surface area contributed by atoms with Crippen LogP contribution in [0.3, 0.4) is 0 Å². The van der Waals surface area contributed by atoms with E-state index >= 15 is 0 Å². The third-order valence-electron chi connectivity index (χ3n) is 2.90. The smallest absolute Gasteiger partial charge is 0.102 e. The Bertz CT molecular complexity index is 479. The minimum Gasteiger partial charge on any atom is -0.297 e. The molecule has 0 N–H and O–H groups in total. The molecule has 124 valence electrons. The van der Waals surface area contributed by atoms with Crippen molar-refractivity contribution in [2.75, 3.05) is 20.1 Å². The number of aryl methyl sites for hydroxylation is 1. The van der Waals surface area contributed by atoms with Crippen molar-refractivity contribution in [3.05, 3.63) is 28.8 Å². The first-order valence-corrected chi connectivity index (χ1v) is 8.85. The monoisotopic (exact) mass is 341 g/mol. The van der Waals surface area contributed by atoms with Crippen molar-refractivity contribution in [3.8, 4) is 0 Å². The number of halogens is 1. The van der Waals surface area contributed by atoms with E-state index in [9.17, 15) is 0 Å². The summed E-state index contributed by atoms with van der Waals surface area (Å²) in [6.45, 7) is 13.2. The van der Waals surface area contributed by atoms with Crippen LogP contribution in [-0.2, 0) is 0 Å². The number of hydrogen-bond acceptors (Lipinski definition) is 3. The van der Waals surface area contributed by atoms with E-state index in [4.69, 9.17) is 11.6 Å². The summed E-state index contributed by atoms with van der Waals surface area (Å²) >= 11 is 7.69. The Hall–Kier alpha value is -0.710. The van der Waals surface area contributed by atoms with Gasteiger partial charge in [-0.05, 0) is 42.5 Å². The van der Waals surface area contributed by atoms with Crippen LogP contribution in [0.25, 0.3) is 0 Å². The van der Waals surface area contributed by atoms with Gasteiger partial charge < -0.3 is 0 Å². The summed E-state index contributed by atoms with van der Waals surface area (Å²) in [5.74, 6) is 1.30. The fourth-order valence-electron chi connectivity index (χ4n) is 2.07. The Morgan fingerprint density at radius 3 is 2.27 bits per heavy atom. The van der Waals surface area contributed by atoms with Gasteiger partial charge in [0.05, 0.1) is 5.69 Å². The van der Waals surface area contributed by atoms with Crippen molar-refractivity contribution in [1.29, 1.82) is 0 Å².